The van der Waals surface area contributed by atoms with Gasteiger partial charge in [0.1, 0.15) is 0 Å². The van der Waals surface area contributed by atoms with Gasteiger partial charge in [0.15, 0.2) is 0 Å². The van der Waals surface area contributed by atoms with E-state index >= 15 is 0 Å². The van der Waals surface area contributed by atoms with Gasteiger partial charge >= 0.3 is 0 Å². The van der Waals surface area contributed by atoms with E-state index in [-0.39, 0.29) is 6.61 Å². The molecule has 0 aromatic heterocycles. The Hall–Kier alpha value is -2.11. The first-order valence-corrected chi connectivity index (χ1v) is 5.99. The van der Waals surface area contributed by atoms with Crippen molar-refractivity contribution < 1.29 is 5.11 Å². The Kier molecular flexibility index (Phi) is 4.11. The monoisotopic (exact) mass is 237 g/mol. The van der Waals surface area contributed by atoms with Crippen molar-refractivity contribution in [3.63, 3.8) is 0 Å². The van der Waals surface area contributed by atoms with E-state index in [0.29, 0.717) is 5.56 Å². The average Bonchev–Trinajstić information content (AvgIpc) is 2.46. The molecule has 0 aliphatic rings. The zero-order chi connectivity index (χ0) is 12.8. The van der Waals surface area contributed by atoms with Crippen LogP contribution in [0.4, 0.5) is 0 Å². The highest BCUT2D eigenvalue weighted by Gasteiger charge is 1.98. The van der Waals surface area contributed by atoms with Crippen LogP contribution in [-0.4, -0.2) is 5.11 Å². The standard InChI is InChI=1S/C16H15NO/c17-11-16-3-1-2-14(10-16)7-4-13-5-8-15(12-18)9-6-13/h1-3,5-6,8-10,18H,4,7,12H2. The summed E-state index contributed by atoms with van der Waals surface area (Å²) in [6, 6.07) is 17.8. The van der Waals surface area contributed by atoms with Gasteiger partial charge in [0.2, 0.25) is 0 Å². The van der Waals surface area contributed by atoms with Gasteiger partial charge in [-0.3, -0.25) is 0 Å². The van der Waals surface area contributed by atoms with E-state index in [0.717, 1.165) is 18.4 Å². The fraction of sp³-hybridized carbons (Fsp3) is 0.188. The number of nitrogens with zero attached hydrogens (tertiary/aromatic N) is 1. The molecule has 2 aromatic carbocycles. The van der Waals surface area contributed by atoms with Gasteiger partial charge in [-0.15, -0.1) is 0 Å². The molecule has 0 unspecified atom stereocenters. The van der Waals surface area contributed by atoms with Gasteiger partial charge in [-0.1, -0.05) is 36.4 Å². The molecule has 0 aliphatic carbocycles. The Morgan fingerprint density at radius 2 is 1.56 bits per heavy atom. The number of nitriles is 1. The number of benzene rings is 2. The van der Waals surface area contributed by atoms with Gasteiger partial charge in [-0.2, -0.15) is 5.26 Å². The third-order valence-electron chi connectivity index (χ3n) is 2.96. The Balaban J connectivity index is 2.00. The lowest BCUT2D eigenvalue weighted by molar-refractivity contribution is 0.282. The van der Waals surface area contributed by atoms with Crippen molar-refractivity contribution in [3.05, 3.63) is 70.8 Å². The van der Waals surface area contributed by atoms with Crippen LogP contribution in [0.15, 0.2) is 48.5 Å². The van der Waals surface area contributed by atoms with Crippen LogP contribution >= 0.6 is 0 Å². The first-order chi connectivity index (χ1) is 8.81. The van der Waals surface area contributed by atoms with Gasteiger partial charge in [-0.05, 0) is 41.7 Å². The molecule has 0 bridgehead atoms. The molecule has 0 saturated heterocycles. The van der Waals surface area contributed by atoms with Crippen LogP contribution in [0.1, 0.15) is 22.3 Å². The summed E-state index contributed by atoms with van der Waals surface area (Å²) in [5.41, 5.74) is 4.07. The number of rotatable bonds is 4. The van der Waals surface area contributed by atoms with Crippen molar-refractivity contribution in [2.45, 2.75) is 19.4 Å². The van der Waals surface area contributed by atoms with Crippen LogP contribution < -0.4 is 0 Å². The maximum Gasteiger partial charge on any atom is 0.0991 e. The SMILES string of the molecule is N#Cc1cccc(CCc2ccc(CO)cc2)c1. The van der Waals surface area contributed by atoms with Crippen molar-refractivity contribution in [1.29, 1.82) is 5.26 Å². The minimum absolute atomic E-state index is 0.0878. The lowest BCUT2D eigenvalue weighted by atomic mass is 10.0. The highest BCUT2D eigenvalue weighted by molar-refractivity contribution is 5.33. The molecule has 2 aromatic rings. The number of aryl methyl sites for hydroxylation is 2. The summed E-state index contributed by atoms with van der Waals surface area (Å²) in [5.74, 6) is 0. The molecule has 0 atom stereocenters. The van der Waals surface area contributed by atoms with Gasteiger partial charge in [0.25, 0.3) is 0 Å². The molecular formula is C16H15NO. The topological polar surface area (TPSA) is 44.0 Å². The molecule has 2 heteroatoms. The second-order valence-corrected chi connectivity index (χ2v) is 4.29. The Labute approximate surface area is 107 Å². The molecule has 2 rings (SSSR count). The lowest BCUT2D eigenvalue weighted by Gasteiger charge is -2.03. The molecule has 0 radical (unpaired) electrons. The normalized spacial score (nSPS) is 10.0. The van der Waals surface area contributed by atoms with Crippen molar-refractivity contribution >= 4 is 0 Å². The number of hydrogen-bond acceptors (Lipinski definition) is 2. The van der Waals surface area contributed by atoms with Crippen LogP contribution in [0.5, 0.6) is 0 Å². The summed E-state index contributed by atoms with van der Waals surface area (Å²) in [4.78, 5) is 0. The highest BCUT2D eigenvalue weighted by atomic mass is 16.3. The van der Waals surface area contributed by atoms with Crippen LogP contribution in [0.2, 0.25) is 0 Å². The van der Waals surface area contributed by atoms with E-state index in [4.69, 9.17) is 10.4 Å². The van der Waals surface area contributed by atoms with Gasteiger partial charge in [0, 0.05) is 0 Å². The molecular weight excluding hydrogens is 222 g/mol. The molecule has 0 spiro atoms. The molecule has 0 aliphatic heterocycles. The zero-order valence-electron chi connectivity index (χ0n) is 10.1. The fourth-order valence-electron chi connectivity index (χ4n) is 1.90. The Morgan fingerprint density at radius 3 is 2.22 bits per heavy atom. The van der Waals surface area contributed by atoms with Crippen molar-refractivity contribution in [2.75, 3.05) is 0 Å². The van der Waals surface area contributed by atoms with Gasteiger partial charge in [-0.25, -0.2) is 0 Å². The largest absolute Gasteiger partial charge is 0.392 e. The predicted molar refractivity (Wildman–Crippen MR) is 70.9 cm³/mol. The van der Waals surface area contributed by atoms with Crippen LogP contribution in [0.25, 0.3) is 0 Å². The lowest BCUT2D eigenvalue weighted by Crippen LogP contribution is -1.92. The van der Waals surface area contributed by atoms with E-state index in [1.54, 1.807) is 0 Å². The first-order valence-electron chi connectivity index (χ1n) is 5.99. The van der Waals surface area contributed by atoms with E-state index in [2.05, 4.69) is 6.07 Å². The van der Waals surface area contributed by atoms with Crippen molar-refractivity contribution in [2.24, 2.45) is 0 Å². The predicted octanol–water partition coefficient (Wildman–Crippen LogP) is 2.84. The second kappa shape index (κ2) is 6.00. The van der Waals surface area contributed by atoms with Crippen molar-refractivity contribution in [3.8, 4) is 6.07 Å². The maximum absolute atomic E-state index is 8.96. The van der Waals surface area contributed by atoms with E-state index in [1.165, 1.54) is 11.1 Å². The molecule has 90 valence electrons. The maximum atomic E-state index is 8.96. The number of aliphatic hydroxyl groups excluding tert-OH is 1. The summed E-state index contributed by atoms with van der Waals surface area (Å²) in [7, 11) is 0. The number of aliphatic hydroxyl groups is 1. The summed E-state index contributed by atoms with van der Waals surface area (Å²) < 4.78 is 0. The molecule has 18 heavy (non-hydrogen) atoms. The number of hydrogen-bond donors (Lipinski definition) is 1. The Bertz CT molecular complexity index is 552. The van der Waals surface area contributed by atoms with Crippen LogP contribution in [0, 0.1) is 11.3 Å². The quantitative estimate of drug-likeness (QED) is 0.888. The summed E-state index contributed by atoms with van der Waals surface area (Å²) >= 11 is 0. The first kappa shape index (κ1) is 12.3. The summed E-state index contributed by atoms with van der Waals surface area (Å²) in [6.45, 7) is 0.0878. The van der Waals surface area contributed by atoms with Crippen molar-refractivity contribution in [1.82, 2.24) is 0 Å². The molecule has 0 saturated carbocycles. The van der Waals surface area contributed by atoms with Gasteiger partial charge < -0.3 is 5.11 Å². The van der Waals surface area contributed by atoms with E-state index in [1.807, 2.05) is 48.5 Å². The average molecular weight is 237 g/mol. The van der Waals surface area contributed by atoms with Crippen LogP contribution in [-0.2, 0) is 19.4 Å². The highest BCUT2D eigenvalue weighted by Crippen LogP contribution is 2.10. The third kappa shape index (κ3) is 3.19. The molecule has 0 amide bonds. The molecule has 1 N–H and O–H groups in total. The van der Waals surface area contributed by atoms with E-state index in [9.17, 15) is 0 Å². The van der Waals surface area contributed by atoms with E-state index < -0.39 is 0 Å². The summed E-state index contributed by atoms with van der Waals surface area (Å²) in [5, 5.41) is 17.8. The minimum atomic E-state index is 0.0878. The van der Waals surface area contributed by atoms with Gasteiger partial charge in [0.05, 0.1) is 18.2 Å². The fourth-order valence-corrected chi connectivity index (χ4v) is 1.90. The minimum Gasteiger partial charge on any atom is -0.392 e. The molecule has 0 heterocycles. The molecule has 2 nitrogen and oxygen atoms in total. The smallest absolute Gasteiger partial charge is 0.0991 e. The second-order valence-electron chi connectivity index (χ2n) is 4.29. The summed E-state index contributed by atoms with van der Waals surface area (Å²) in [6.07, 6.45) is 1.87. The molecule has 0 fully saturated rings. The zero-order valence-corrected chi connectivity index (χ0v) is 10.1. The third-order valence-corrected chi connectivity index (χ3v) is 2.96. The Morgan fingerprint density at radius 1 is 0.889 bits per heavy atom. The van der Waals surface area contributed by atoms with Crippen LogP contribution in [0.3, 0.4) is 0 Å².